The van der Waals surface area contributed by atoms with Gasteiger partial charge in [-0.05, 0) is 36.8 Å². The van der Waals surface area contributed by atoms with Crippen LogP contribution >= 0.6 is 11.8 Å². The maximum absolute atomic E-state index is 12.8. The minimum atomic E-state index is -0.348. The number of rotatable bonds is 6. The molecule has 25 heavy (non-hydrogen) atoms. The standard InChI is InChI=1S/C18H16FN3O2S/c1-12-2-4-13(5-3-12)10-17-21-22-18(24-17)25-11-16(23)20-15-8-6-14(19)7-9-15/h2-9H,10-11H2,1H3,(H,20,23). The summed E-state index contributed by atoms with van der Waals surface area (Å²) in [6.07, 6.45) is 0.551. The Kier molecular flexibility index (Phi) is 5.45. The SMILES string of the molecule is Cc1ccc(Cc2nnc(SCC(=O)Nc3ccc(F)cc3)o2)cc1. The molecule has 0 saturated heterocycles. The summed E-state index contributed by atoms with van der Waals surface area (Å²) in [6.45, 7) is 2.03. The summed E-state index contributed by atoms with van der Waals surface area (Å²) in [5, 5.41) is 11.0. The van der Waals surface area contributed by atoms with Crippen molar-refractivity contribution in [3.8, 4) is 0 Å². The number of halogens is 1. The van der Waals surface area contributed by atoms with Crippen molar-refractivity contribution in [3.63, 3.8) is 0 Å². The first-order valence-electron chi connectivity index (χ1n) is 7.64. The van der Waals surface area contributed by atoms with E-state index in [9.17, 15) is 9.18 Å². The summed E-state index contributed by atoms with van der Waals surface area (Å²) in [4.78, 5) is 11.9. The molecule has 3 rings (SSSR count). The van der Waals surface area contributed by atoms with E-state index in [1.54, 1.807) is 0 Å². The Morgan fingerprint density at radius 3 is 2.56 bits per heavy atom. The number of amides is 1. The summed E-state index contributed by atoms with van der Waals surface area (Å²) in [5.41, 5.74) is 2.81. The number of carbonyl (C=O) groups excluding carboxylic acids is 1. The van der Waals surface area contributed by atoms with Crippen LogP contribution in [0.15, 0.2) is 58.2 Å². The highest BCUT2D eigenvalue weighted by atomic mass is 32.2. The van der Waals surface area contributed by atoms with Crippen LogP contribution in [0.1, 0.15) is 17.0 Å². The van der Waals surface area contributed by atoms with Crippen LogP contribution in [0, 0.1) is 12.7 Å². The fourth-order valence-electron chi connectivity index (χ4n) is 2.11. The zero-order valence-corrected chi connectivity index (χ0v) is 14.3. The monoisotopic (exact) mass is 357 g/mol. The van der Waals surface area contributed by atoms with Crippen molar-refractivity contribution < 1.29 is 13.6 Å². The first-order valence-corrected chi connectivity index (χ1v) is 8.63. The molecule has 0 fully saturated rings. The Labute approximate surface area is 148 Å². The molecule has 0 aliphatic heterocycles. The smallest absolute Gasteiger partial charge is 0.277 e. The lowest BCUT2D eigenvalue weighted by atomic mass is 10.1. The fraction of sp³-hybridized carbons (Fsp3) is 0.167. The Balaban J connectivity index is 1.50. The third-order valence-corrected chi connectivity index (χ3v) is 4.20. The number of aryl methyl sites for hydroxylation is 1. The summed E-state index contributed by atoms with van der Waals surface area (Å²) in [7, 11) is 0. The first kappa shape index (κ1) is 17.2. The van der Waals surface area contributed by atoms with E-state index in [0.29, 0.717) is 23.2 Å². The maximum atomic E-state index is 12.8. The molecule has 0 aliphatic rings. The number of aromatic nitrogens is 2. The van der Waals surface area contributed by atoms with E-state index < -0.39 is 0 Å². The molecule has 1 amide bonds. The highest BCUT2D eigenvalue weighted by Gasteiger charge is 2.10. The second-order valence-electron chi connectivity index (χ2n) is 5.47. The highest BCUT2D eigenvalue weighted by molar-refractivity contribution is 7.99. The van der Waals surface area contributed by atoms with Gasteiger partial charge >= 0.3 is 0 Å². The van der Waals surface area contributed by atoms with Gasteiger partial charge in [0.25, 0.3) is 5.22 Å². The number of benzene rings is 2. The van der Waals surface area contributed by atoms with E-state index in [-0.39, 0.29) is 17.5 Å². The van der Waals surface area contributed by atoms with Crippen LogP contribution in [0.25, 0.3) is 0 Å². The van der Waals surface area contributed by atoms with E-state index in [4.69, 9.17) is 4.42 Å². The molecule has 1 heterocycles. The molecule has 128 valence electrons. The summed E-state index contributed by atoms with van der Waals surface area (Å²) in [5.74, 6) is 0.0586. The van der Waals surface area contributed by atoms with Gasteiger partial charge in [0.2, 0.25) is 11.8 Å². The minimum Gasteiger partial charge on any atom is -0.416 e. The second-order valence-corrected chi connectivity index (χ2v) is 6.39. The van der Waals surface area contributed by atoms with Crippen molar-refractivity contribution in [2.45, 2.75) is 18.6 Å². The molecule has 3 aromatic rings. The van der Waals surface area contributed by atoms with E-state index in [1.165, 1.54) is 29.8 Å². The average molecular weight is 357 g/mol. The fourth-order valence-corrected chi connectivity index (χ4v) is 2.69. The van der Waals surface area contributed by atoms with Crippen molar-refractivity contribution >= 4 is 23.4 Å². The molecule has 7 heteroatoms. The molecular formula is C18H16FN3O2S. The lowest BCUT2D eigenvalue weighted by Crippen LogP contribution is -2.13. The van der Waals surface area contributed by atoms with E-state index >= 15 is 0 Å². The molecule has 0 aliphatic carbocycles. The summed E-state index contributed by atoms with van der Waals surface area (Å²) >= 11 is 1.16. The zero-order valence-electron chi connectivity index (χ0n) is 13.5. The first-order chi connectivity index (χ1) is 12.1. The van der Waals surface area contributed by atoms with Gasteiger partial charge in [-0.25, -0.2) is 4.39 Å². The van der Waals surface area contributed by atoms with Gasteiger partial charge in [-0.2, -0.15) is 0 Å². The molecule has 0 spiro atoms. The van der Waals surface area contributed by atoms with Gasteiger partial charge in [0.1, 0.15) is 5.82 Å². The van der Waals surface area contributed by atoms with Crippen LogP contribution in [-0.4, -0.2) is 21.9 Å². The molecule has 0 radical (unpaired) electrons. The predicted octanol–water partition coefficient (Wildman–Crippen LogP) is 3.84. The Bertz CT molecular complexity index is 848. The Morgan fingerprint density at radius 2 is 1.84 bits per heavy atom. The highest BCUT2D eigenvalue weighted by Crippen LogP contribution is 2.18. The van der Waals surface area contributed by atoms with Crippen molar-refractivity contribution in [1.29, 1.82) is 0 Å². The van der Waals surface area contributed by atoms with Gasteiger partial charge in [-0.15, -0.1) is 10.2 Å². The molecule has 0 saturated carbocycles. The minimum absolute atomic E-state index is 0.129. The molecule has 1 aromatic heterocycles. The van der Waals surface area contributed by atoms with E-state index in [1.807, 2.05) is 31.2 Å². The van der Waals surface area contributed by atoms with Crippen LogP contribution in [0.5, 0.6) is 0 Å². The predicted molar refractivity (Wildman–Crippen MR) is 94.0 cm³/mol. The molecule has 0 bridgehead atoms. The lowest BCUT2D eigenvalue weighted by molar-refractivity contribution is -0.113. The van der Waals surface area contributed by atoms with Crippen LogP contribution in [0.3, 0.4) is 0 Å². The van der Waals surface area contributed by atoms with Crippen molar-refractivity contribution in [2.75, 3.05) is 11.1 Å². The molecule has 0 unspecified atom stereocenters. The number of hydrogen-bond acceptors (Lipinski definition) is 5. The molecule has 5 nitrogen and oxygen atoms in total. The molecular weight excluding hydrogens is 341 g/mol. The number of carbonyl (C=O) groups is 1. The average Bonchev–Trinajstić information content (AvgIpc) is 3.05. The number of nitrogens with zero attached hydrogens (tertiary/aromatic N) is 2. The van der Waals surface area contributed by atoms with E-state index in [0.717, 1.165) is 17.3 Å². The third kappa shape index (κ3) is 5.15. The number of hydrogen-bond donors (Lipinski definition) is 1. The molecule has 2 aromatic carbocycles. The number of thioether (sulfide) groups is 1. The van der Waals surface area contributed by atoms with Crippen molar-refractivity contribution in [3.05, 3.63) is 71.4 Å². The quantitative estimate of drug-likeness (QED) is 0.679. The third-order valence-electron chi connectivity index (χ3n) is 3.38. The maximum Gasteiger partial charge on any atom is 0.277 e. The lowest BCUT2D eigenvalue weighted by Gasteiger charge is -2.03. The number of nitrogens with one attached hydrogen (secondary N) is 1. The normalized spacial score (nSPS) is 10.6. The van der Waals surface area contributed by atoms with Gasteiger partial charge in [-0.3, -0.25) is 4.79 Å². The van der Waals surface area contributed by atoms with Crippen LogP contribution in [-0.2, 0) is 11.2 Å². The van der Waals surface area contributed by atoms with Gasteiger partial charge in [0.15, 0.2) is 0 Å². The van der Waals surface area contributed by atoms with Crippen LogP contribution < -0.4 is 5.32 Å². The van der Waals surface area contributed by atoms with Crippen LogP contribution in [0.2, 0.25) is 0 Å². The zero-order chi connectivity index (χ0) is 17.6. The van der Waals surface area contributed by atoms with Crippen molar-refractivity contribution in [1.82, 2.24) is 10.2 Å². The second kappa shape index (κ2) is 7.94. The van der Waals surface area contributed by atoms with Crippen LogP contribution in [0.4, 0.5) is 10.1 Å². The number of anilines is 1. The summed E-state index contributed by atoms with van der Waals surface area (Å²) < 4.78 is 18.4. The topological polar surface area (TPSA) is 68.0 Å². The van der Waals surface area contributed by atoms with Gasteiger partial charge in [-0.1, -0.05) is 41.6 Å². The Hall–Kier alpha value is -2.67. The summed E-state index contributed by atoms with van der Waals surface area (Å²) in [6, 6.07) is 13.7. The Morgan fingerprint density at radius 1 is 1.12 bits per heavy atom. The van der Waals surface area contributed by atoms with Gasteiger partial charge < -0.3 is 9.73 Å². The van der Waals surface area contributed by atoms with Gasteiger partial charge in [0.05, 0.1) is 12.2 Å². The van der Waals surface area contributed by atoms with Gasteiger partial charge in [0, 0.05) is 5.69 Å². The molecule has 1 N–H and O–H groups in total. The van der Waals surface area contributed by atoms with Crippen molar-refractivity contribution in [2.24, 2.45) is 0 Å². The largest absolute Gasteiger partial charge is 0.416 e. The molecule has 0 atom stereocenters. The van der Waals surface area contributed by atoms with E-state index in [2.05, 4.69) is 15.5 Å².